The van der Waals surface area contributed by atoms with Crippen molar-refractivity contribution in [1.82, 2.24) is 0 Å². The van der Waals surface area contributed by atoms with Gasteiger partial charge in [-0.1, -0.05) is 49.2 Å². The molecule has 26 heavy (non-hydrogen) atoms. The Balaban J connectivity index is 2.16. The molecule has 2 atom stereocenters. The molecular weight excluding hydrogens is 376 g/mol. The van der Waals surface area contributed by atoms with Crippen LogP contribution in [0.5, 0.6) is 0 Å². The molecule has 2 unspecified atom stereocenters. The first-order valence-corrected chi connectivity index (χ1v) is 11.2. The van der Waals surface area contributed by atoms with Crippen molar-refractivity contribution in [2.24, 2.45) is 0 Å². The van der Waals surface area contributed by atoms with Crippen LogP contribution in [0, 0.1) is 0 Å². The zero-order valence-electron chi connectivity index (χ0n) is 13.9. The number of benzene rings is 2. The van der Waals surface area contributed by atoms with Crippen LogP contribution in [0.2, 0.25) is 0 Å². The first-order valence-electron chi connectivity index (χ1n) is 8.32. The van der Waals surface area contributed by atoms with E-state index >= 15 is 0 Å². The average molecular weight is 396 g/mol. The van der Waals surface area contributed by atoms with Crippen LogP contribution in [0.1, 0.15) is 48.6 Å². The van der Waals surface area contributed by atoms with E-state index in [1.807, 2.05) is 0 Å². The molecule has 1 fully saturated rings. The Morgan fingerprint density at radius 3 is 1.35 bits per heavy atom. The van der Waals surface area contributed by atoms with Gasteiger partial charge in [0.1, 0.15) is 0 Å². The fourth-order valence-electron chi connectivity index (χ4n) is 3.92. The van der Waals surface area contributed by atoms with Crippen molar-refractivity contribution in [3.05, 3.63) is 59.7 Å². The molecular formula is C18H20O6S2. The summed E-state index contributed by atoms with van der Waals surface area (Å²) < 4.78 is 66.3. The van der Waals surface area contributed by atoms with Gasteiger partial charge in [0.05, 0.1) is 9.79 Å². The zero-order valence-corrected chi connectivity index (χ0v) is 15.6. The van der Waals surface area contributed by atoms with Crippen LogP contribution in [-0.2, 0) is 20.2 Å². The molecule has 6 nitrogen and oxygen atoms in total. The van der Waals surface area contributed by atoms with Crippen molar-refractivity contribution in [2.45, 2.75) is 47.3 Å². The van der Waals surface area contributed by atoms with E-state index in [1.165, 1.54) is 24.3 Å². The molecule has 2 N–H and O–H groups in total. The highest BCUT2D eigenvalue weighted by Crippen LogP contribution is 2.47. The van der Waals surface area contributed by atoms with Gasteiger partial charge in [0.2, 0.25) is 0 Å². The van der Waals surface area contributed by atoms with Crippen LogP contribution in [0.15, 0.2) is 58.3 Å². The lowest BCUT2D eigenvalue weighted by molar-refractivity contribution is 0.375. The van der Waals surface area contributed by atoms with Gasteiger partial charge < -0.3 is 0 Å². The Kier molecular flexibility index (Phi) is 5.21. The van der Waals surface area contributed by atoms with Gasteiger partial charge in [-0.15, -0.1) is 0 Å². The van der Waals surface area contributed by atoms with Gasteiger partial charge in [-0.2, -0.15) is 16.8 Å². The lowest BCUT2D eigenvalue weighted by atomic mass is 9.72. The number of hydrogen-bond acceptors (Lipinski definition) is 4. The van der Waals surface area contributed by atoms with Gasteiger partial charge in [-0.05, 0) is 47.9 Å². The largest absolute Gasteiger partial charge is 0.294 e. The molecule has 2 aromatic rings. The monoisotopic (exact) mass is 396 g/mol. The summed E-state index contributed by atoms with van der Waals surface area (Å²) in [5, 5.41) is 0. The van der Waals surface area contributed by atoms with Gasteiger partial charge in [-0.3, -0.25) is 9.11 Å². The van der Waals surface area contributed by atoms with Crippen LogP contribution >= 0.6 is 0 Å². The standard InChI is InChI=1S/C18H20O6S2/c19-25(20,21)17-11-5-3-9-15(17)13-7-1-2-8-14(13)16-10-4-6-12-18(16)26(22,23)24/h3-6,9-14H,1-2,7-8H2,(H,19,20,21)(H,22,23,24). The second kappa shape index (κ2) is 7.11. The van der Waals surface area contributed by atoms with Crippen LogP contribution in [0.3, 0.4) is 0 Å². The number of hydrogen-bond donors (Lipinski definition) is 2. The van der Waals surface area contributed by atoms with Gasteiger partial charge in [-0.25, -0.2) is 0 Å². The van der Waals surface area contributed by atoms with E-state index in [4.69, 9.17) is 0 Å². The van der Waals surface area contributed by atoms with Crippen molar-refractivity contribution >= 4 is 20.2 Å². The zero-order chi connectivity index (χ0) is 18.9. The molecule has 0 heterocycles. The molecule has 140 valence electrons. The molecule has 0 radical (unpaired) electrons. The lowest BCUT2D eigenvalue weighted by Crippen LogP contribution is -2.20. The highest BCUT2D eigenvalue weighted by Gasteiger charge is 2.34. The molecule has 0 saturated heterocycles. The summed E-state index contributed by atoms with van der Waals surface area (Å²) in [5.74, 6) is -0.547. The van der Waals surface area contributed by atoms with Crippen LogP contribution in [0.25, 0.3) is 0 Å². The summed E-state index contributed by atoms with van der Waals surface area (Å²) in [6.45, 7) is 0. The van der Waals surface area contributed by atoms with Crippen LogP contribution in [0.4, 0.5) is 0 Å². The predicted octanol–water partition coefficient (Wildman–Crippen LogP) is 3.62. The molecule has 1 aliphatic carbocycles. The van der Waals surface area contributed by atoms with E-state index in [2.05, 4.69) is 0 Å². The molecule has 1 saturated carbocycles. The van der Waals surface area contributed by atoms with Crippen molar-refractivity contribution in [2.75, 3.05) is 0 Å². The quantitative estimate of drug-likeness (QED) is 0.764. The summed E-state index contributed by atoms with van der Waals surface area (Å²) in [5.41, 5.74) is 0.953. The van der Waals surface area contributed by atoms with E-state index in [9.17, 15) is 25.9 Å². The molecule has 0 bridgehead atoms. The molecule has 0 amide bonds. The van der Waals surface area contributed by atoms with Gasteiger partial charge in [0.25, 0.3) is 20.2 Å². The van der Waals surface area contributed by atoms with Crippen molar-refractivity contribution in [3.63, 3.8) is 0 Å². The second-order valence-corrected chi connectivity index (χ2v) is 9.30. The van der Waals surface area contributed by atoms with Crippen LogP contribution in [-0.4, -0.2) is 25.9 Å². The fraction of sp³-hybridized carbons (Fsp3) is 0.333. The summed E-state index contributed by atoms with van der Waals surface area (Å²) in [6.07, 6.45) is 3.07. The Morgan fingerprint density at radius 1 is 0.654 bits per heavy atom. The van der Waals surface area contributed by atoms with Crippen molar-refractivity contribution < 1.29 is 25.9 Å². The smallest absolute Gasteiger partial charge is 0.282 e. The van der Waals surface area contributed by atoms with Crippen molar-refractivity contribution in [1.29, 1.82) is 0 Å². The molecule has 1 aliphatic rings. The van der Waals surface area contributed by atoms with Gasteiger partial charge >= 0.3 is 0 Å². The third-order valence-corrected chi connectivity index (χ3v) is 6.81. The maximum absolute atomic E-state index is 11.8. The summed E-state index contributed by atoms with van der Waals surface area (Å²) in [7, 11) is -8.79. The first kappa shape index (κ1) is 19.0. The summed E-state index contributed by atoms with van der Waals surface area (Å²) in [4.78, 5) is -0.303. The maximum atomic E-state index is 11.8. The van der Waals surface area contributed by atoms with E-state index in [1.54, 1.807) is 24.3 Å². The third kappa shape index (κ3) is 3.83. The molecule has 0 aromatic heterocycles. The highest BCUT2D eigenvalue weighted by molar-refractivity contribution is 7.86. The minimum atomic E-state index is -4.39. The van der Waals surface area contributed by atoms with Crippen molar-refractivity contribution in [3.8, 4) is 0 Å². The minimum Gasteiger partial charge on any atom is -0.282 e. The first-order chi connectivity index (χ1) is 12.2. The van der Waals surface area contributed by atoms with E-state index in [0.29, 0.717) is 24.0 Å². The van der Waals surface area contributed by atoms with E-state index in [-0.39, 0.29) is 21.6 Å². The molecule has 2 aromatic carbocycles. The fourth-order valence-corrected chi connectivity index (χ4v) is 5.45. The van der Waals surface area contributed by atoms with E-state index < -0.39 is 20.2 Å². The van der Waals surface area contributed by atoms with Gasteiger partial charge in [0, 0.05) is 0 Å². The lowest BCUT2D eigenvalue weighted by Gasteiger charge is -2.33. The second-order valence-electron chi connectivity index (χ2n) is 6.52. The molecule has 3 rings (SSSR count). The molecule has 0 aliphatic heterocycles. The Morgan fingerprint density at radius 2 is 1.00 bits per heavy atom. The normalized spacial score (nSPS) is 21.5. The maximum Gasteiger partial charge on any atom is 0.294 e. The SMILES string of the molecule is O=S(=O)(O)c1ccccc1C1CCCCC1c1ccccc1S(=O)(=O)O. The minimum absolute atomic E-state index is 0.152. The average Bonchev–Trinajstić information content (AvgIpc) is 2.60. The summed E-state index contributed by atoms with van der Waals surface area (Å²) >= 11 is 0. The number of rotatable bonds is 4. The topological polar surface area (TPSA) is 109 Å². The molecule has 8 heteroatoms. The predicted molar refractivity (Wildman–Crippen MR) is 96.5 cm³/mol. The Hall–Kier alpha value is -1.74. The summed E-state index contributed by atoms with van der Waals surface area (Å²) in [6, 6.07) is 12.5. The Labute approximate surface area is 153 Å². The Bertz CT molecular complexity index is 928. The van der Waals surface area contributed by atoms with Crippen LogP contribution < -0.4 is 0 Å². The highest BCUT2D eigenvalue weighted by atomic mass is 32.2. The van der Waals surface area contributed by atoms with Gasteiger partial charge in [0.15, 0.2) is 0 Å². The third-order valence-electron chi connectivity index (χ3n) is 4.96. The van der Waals surface area contributed by atoms with E-state index in [0.717, 1.165) is 12.8 Å². The molecule has 0 spiro atoms.